The smallest absolute Gasteiger partial charge is 0.252 e. The minimum Gasteiger partial charge on any atom is -0.496 e. The molecule has 0 radical (unpaired) electrons. The van der Waals surface area contributed by atoms with Crippen molar-refractivity contribution in [1.82, 2.24) is 0 Å². The molecule has 0 amide bonds. The van der Waals surface area contributed by atoms with Crippen LogP contribution in [0, 0.1) is 0 Å². The molecular weight excluding hydrogens is 502 g/mol. The van der Waals surface area contributed by atoms with Gasteiger partial charge in [0.1, 0.15) is 34.1 Å². The number of halogens is 2. The number of ether oxygens (including phenoxy) is 4. The Labute approximate surface area is 206 Å². The molecule has 3 aromatic carbocycles. The maximum Gasteiger partial charge on any atom is 0.252 e. The van der Waals surface area contributed by atoms with Crippen molar-refractivity contribution >= 4 is 46.7 Å². The van der Waals surface area contributed by atoms with Crippen LogP contribution < -0.4 is 24.3 Å². The normalized spacial score (nSPS) is 11.0. The van der Waals surface area contributed by atoms with Crippen LogP contribution in [0.2, 0.25) is 10.0 Å². The minimum atomic E-state index is -4.80. The third kappa shape index (κ3) is 4.27. The van der Waals surface area contributed by atoms with Gasteiger partial charge in [0, 0.05) is 0 Å². The average Bonchev–Trinajstić information content (AvgIpc) is 2.86. The largest absolute Gasteiger partial charge is 0.496 e. The van der Waals surface area contributed by atoms with E-state index < -0.39 is 18.2 Å². The van der Waals surface area contributed by atoms with Gasteiger partial charge >= 0.3 is 0 Å². The summed E-state index contributed by atoms with van der Waals surface area (Å²) in [4.78, 5) is 28.2. The maximum atomic E-state index is 14.8. The van der Waals surface area contributed by atoms with Gasteiger partial charge in [-0.3, -0.25) is 9.59 Å². The van der Waals surface area contributed by atoms with Gasteiger partial charge < -0.3 is 23.5 Å². The van der Waals surface area contributed by atoms with Crippen LogP contribution in [-0.4, -0.2) is 39.5 Å². The van der Waals surface area contributed by atoms with Crippen molar-refractivity contribution in [2.45, 2.75) is 0 Å². The highest BCUT2D eigenvalue weighted by molar-refractivity contribution is 8.01. The quantitative estimate of drug-likeness (QED) is 0.333. The summed E-state index contributed by atoms with van der Waals surface area (Å²) in [6.45, 7) is 0. The Hall–Kier alpha value is -2.99. The zero-order valence-electron chi connectivity index (χ0n) is 18.8. The zero-order valence-corrected chi connectivity index (χ0v) is 21.2. The zero-order chi connectivity index (χ0) is 25.0. The molecule has 7 nitrogen and oxygen atoms in total. The van der Waals surface area contributed by atoms with Crippen LogP contribution in [0.4, 0.5) is 0 Å². The molecule has 0 aliphatic heterocycles. The molecule has 0 saturated carbocycles. The molecule has 0 aromatic heterocycles. The van der Waals surface area contributed by atoms with Gasteiger partial charge in [0.2, 0.25) is 11.0 Å². The fourth-order valence-corrected chi connectivity index (χ4v) is 7.05. The molecule has 0 unspecified atom stereocenters. The number of carbonyl (C=O) groups excluding carboxylic acids is 2. The molecule has 0 atom stereocenters. The van der Waals surface area contributed by atoms with Crippen LogP contribution in [0.5, 0.6) is 23.0 Å². The fraction of sp³-hybridized carbons (Fsp3) is 0.167. The first kappa shape index (κ1) is 25.6. The summed E-state index contributed by atoms with van der Waals surface area (Å²) in [6.07, 6.45) is 0. The Balaban J connectivity index is 2.44. The highest BCUT2D eigenvalue weighted by atomic mass is 35.5. The second-order valence-corrected chi connectivity index (χ2v) is 10.2. The Morgan fingerprint density at radius 3 is 1.21 bits per heavy atom. The van der Waals surface area contributed by atoms with Crippen LogP contribution in [0.25, 0.3) is 0 Å². The highest BCUT2D eigenvalue weighted by Gasteiger charge is 2.49. The van der Waals surface area contributed by atoms with E-state index >= 15 is 0 Å². The number of methoxy groups -OCH3 is 4. The first-order valence-electron chi connectivity index (χ1n) is 9.82. The molecule has 0 saturated heterocycles. The summed E-state index contributed by atoms with van der Waals surface area (Å²) in [5, 5.41) is -0.519. The van der Waals surface area contributed by atoms with E-state index in [0.29, 0.717) is 0 Å². The standard InChI is InChI=1S/C24H21Cl2O7P/c1-30-16-10-6-11-17(31-2)20(16)23(27)34(29,22-14(25)8-5-9-15(22)26)24(28)21-18(32-3)12-7-13-19(21)33-4/h5-13H,1-4H3. The average molecular weight is 523 g/mol. The molecule has 178 valence electrons. The lowest BCUT2D eigenvalue weighted by molar-refractivity contribution is 0.103. The Bertz CT molecular complexity index is 1170. The van der Waals surface area contributed by atoms with Crippen LogP contribution in [-0.2, 0) is 4.57 Å². The van der Waals surface area contributed by atoms with Crippen molar-refractivity contribution < 1.29 is 33.1 Å². The molecule has 0 aliphatic rings. The minimum absolute atomic E-state index is 0.0625. The van der Waals surface area contributed by atoms with Gasteiger partial charge in [-0.2, -0.15) is 0 Å². The molecule has 0 bridgehead atoms. The summed E-state index contributed by atoms with van der Waals surface area (Å²) in [5.41, 5.74) is -2.49. The first-order chi connectivity index (χ1) is 16.3. The van der Waals surface area contributed by atoms with Gasteiger partial charge in [0.05, 0.1) is 43.8 Å². The Morgan fingerprint density at radius 1 is 0.618 bits per heavy atom. The number of benzene rings is 3. The lowest BCUT2D eigenvalue weighted by atomic mass is 10.2. The molecule has 0 fully saturated rings. The summed E-state index contributed by atoms with van der Waals surface area (Å²) < 4.78 is 36.1. The molecule has 3 aromatic rings. The number of hydrogen-bond acceptors (Lipinski definition) is 7. The van der Waals surface area contributed by atoms with Gasteiger partial charge in [0.25, 0.3) is 7.14 Å². The van der Waals surface area contributed by atoms with E-state index in [9.17, 15) is 14.2 Å². The van der Waals surface area contributed by atoms with Crippen LogP contribution in [0.3, 0.4) is 0 Å². The molecular formula is C24H21Cl2O7P. The second kappa shape index (κ2) is 10.5. The van der Waals surface area contributed by atoms with Crippen molar-refractivity contribution in [2.24, 2.45) is 0 Å². The van der Waals surface area contributed by atoms with E-state index in [-0.39, 0.29) is 49.5 Å². The van der Waals surface area contributed by atoms with Crippen LogP contribution >= 0.6 is 30.3 Å². The summed E-state index contributed by atoms with van der Waals surface area (Å²) in [6, 6.07) is 13.4. The molecule has 0 N–H and O–H groups in total. The fourth-order valence-electron chi connectivity index (χ4n) is 3.52. The molecule has 3 rings (SSSR count). The van der Waals surface area contributed by atoms with Crippen LogP contribution in [0.1, 0.15) is 20.7 Å². The number of rotatable bonds is 9. The monoisotopic (exact) mass is 522 g/mol. The molecule has 0 aliphatic carbocycles. The lowest BCUT2D eigenvalue weighted by Crippen LogP contribution is -2.24. The molecule has 10 heteroatoms. The summed E-state index contributed by atoms with van der Waals surface area (Å²) >= 11 is 12.8. The summed E-state index contributed by atoms with van der Waals surface area (Å²) in [5.74, 6) is 0.250. The summed E-state index contributed by atoms with van der Waals surface area (Å²) in [7, 11) is 0.554. The van der Waals surface area contributed by atoms with Gasteiger partial charge in [-0.05, 0) is 36.4 Å². The number of carbonyl (C=O) groups is 2. The van der Waals surface area contributed by atoms with Crippen molar-refractivity contribution in [3.63, 3.8) is 0 Å². The van der Waals surface area contributed by atoms with Gasteiger partial charge in [-0.25, -0.2) is 0 Å². The van der Waals surface area contributed by atoms with E-state index in [2.05, 4.69) is 0 Å². The van der Waals surface area contributed by atoms with Gasteiger partial charge in [0.15, 0.2) is 0 Å². The van der Waals surface area contributed by atoms with E-state index in [0.717, 1.165) is 0 Å². The molecule has 34 heavy (non-hydrogen) atoms. The predicted molar refractivity (Wildman–Crippen MR) is 131 cm³/mol. The van der Waals surface area contributed by atoms with E-state index in [1.165, 1.54) is 70.9 Å². The van der Waals surface area contributed by atoms with Crippen LogP contribution in [0.15, 0.2) is 54.6 Å². The maximum absolute atomic E-state index is 14.8. The van der Waals surface area contributed by atoms with E-state index in [1.807, 2.05) is 0 Å². The molecule has 0 spiro atoms. The second-order valence-electron chi connectivity index (χ2n) is 6.86. The third-order valence-corrected chi connectivity index (χ3v) is 8.70. The lowest BCUT2D eigenvalue weighted by Gasteiger charge is -2.22. The van der Waals surface area contributed by atoms with Crippen molar-refractivity contribution in [2.75, 3.05) is 28.4 Å². The Kier molecular flexibility index (Phi) is 7.93. The van der Waals surface area contributed by atoms with E-state index in [4.69, 9.17) is 42.1 Å². The first-order valence-corrected chi connectivity index (χ1v) is 12.3. The van der Waals surface area contributed by atoms with Crippen molar-refractivity contribution in [1.29, 1.82) is 0 Å². The Morgan fingerprint density at radius 2 is 0.912 bits per heavy atom. The van der Waals surface area contributed by atoms with Gasteiger partial charge in [-0.1, -0.05) is 41.4 Å². The predicted octanol–water partition coefficient (Wildman–Crippen LogP) is 5.70. The van der Waals surface area contributed by atoms with Crippen molar-refractivity contribution in [3.05, 3.63) is 75.8 Å². The van der Waals surface area contributed by atoms with Crippen molar-refractivity contribution in [3.8, 4) is 23.0 Å². The van der Waals surface area contributed by atoms with Gasteiger partial charge in [-0.15, -0.1) is 0 Å². The highest BCUT2D eigenvalue weighted by Crippen LogP contribution is 2.57. The molecule has 0 heterocycles. The topological polar surface area (TPSA) is 88.1 Å². The number of hydrogen-bond donors (Lipinski definition) is 0. The van der Waals surface area contributed by atoms with E-state index in [1.54, 1.807) is 12.1 Å². The SMILES string of the molecule is COc1cccc(OC)c1C(=O)P(=O)(C(=O)c1c(OC)cccc1OC)c1c(Cl)cccc1Cl. The third-order valence-electron chi connectivity index (χ3n) is 5.11.